The minimum absolute atomic E-state index is 0.0988. The fourth-order valence-corrected chi connectivity index (χ4v) is 3.59. The molecule has 0 saturated carbocycles. The van der Waals surface area contributed by atoms with E-state index < -0.39 is 5.97 Å². The van der Waals surface area contributed by atoms with Gasteiger partial charge in [-0.05, 0) is 38.0 Å². The van der Waals surface area contributed by atoms with Crippen LogP contribution in [0.15, 0.2) is 40.8 Å². The first-order chi connectivity index (χ1) is 13.0. The third-order valence-corrected chi connectivity index (χ3v) is 4.75. The van der Waals surface area contributed by atoms with Gasteiger partial charge in [-0.3, -0.25) is 14.2 Å². The lowest BCUT2D eigenvalue weighted by molar-refractivity contribution is -0.144. The highest BCUT2D eigenvalue weighted by atomic mass is 32.1. The van der Waals surface area contributed by atoms with Gasteiger partial charge < -0.3 is 9.47 Å². The Labute approximate surface area is 161 Å². The maximum absolute atomic E-state index is 12.9. The first kappa shape index (κ1) is 19.1. The number of carbonyl (C=O) groups excluding carboxylic acids is 1. The molecule has 27 heavy (non-hydrogen) atoms. The van der Waals surface area contributed by atoms with Crippen LogP contribution >= 0.6 is 11.3 Å². The Bertz CT molecular complexity index is 989. The van der Waals surface area contributed by atoms with E-state index in [4.69, 9.17) is 9.47 Å². The predicted octanol–water partition coefficient (Wildman–Crippen LogP) is 3.87. The zero-order valence-electron chi connectivity index (χ0n) is 15.6. The molecule has 0 fully saturated rings. The Balaban J connectivity index is 1.94. The second-order valence-corrected chi connectivity index (χ2v) is 7.28. The number of nitrogens with zero attached hydrogens (tertiary/aromatic N) is 2. The summed E-state index contributed by atoms with van der Waals surface area (Å²) in [7, 11) is 0. The van der Waals surface area contributed by atoms with Crippen molar-refractivity contribution in [2.75, 3.05) is 6.61 Å². The Morgan fingerprint density at radius 3 is 2.67 bits per heavy atom. The van der Waals surface area contributed by atoms with Crippen LogP contribution in [0.1, 0.15) is 27.2 Å². The van der Waals surface area contributed by atoms with E-state index in [1.165, 1.54) is 22.2 Å². The second kappa shape index (κ2) is 8.35. The van der Waals surface area contributed by atoms with Crippen LogP contribution in [0.3, 0.4) is 0 Å². The minimum Gasteiger partial charge on any atom is -0.491 e. The van der Waals surface area contributed by atoms with Gasteiger partial charge in [-0.2, -0.15) is 0 Å². The summed E-state index contributed by atoms with van der Waals surface area (Å²) in [5.41, 5.74) is 1.47. The van der Waals surface area contributed by atoms with Gasteiger partial charge in [0.25, 0.3) is 5.56 Å². The minimum atomic E-state index is -0.438. The SMILES string of the molecule is CCCOC(=O)Cn1cnc2scc(-c3ccc(OC(C)C)cc3)c2c1=O. The fourth-order valence-electron chi connectivity index (χ4n) is 2.68. The van der Waals surface area contributed by atoms with Crippen LogP contribution in [-0.2, 0) is 16.1 Å². The van der Waals surface area contributed by atoms with Gasteiger partial charge >= 0.3 is 5.97 Å². The van der Waals surface area contributed by atoms with Gasteiger partial charge in [0.05, 0.1) is 24.4 Å². The monoisotopic (exact) mass is 386 g/mol. The van der Waals surface area contributed by atoms with E-state index in [0.717, 1.165) is 23.3 Å². The van der Waals surface area contributed by atoms with Gasteiger partial charge in [-0.15, -0.1) is 11.3 Å². The molecule has 0 unspecified atom stereocenters. The molecule has 142 valence electrons. The molecule has 0 bridgehead atoms. The van der Waals surface area contributed by atoms with Crippen LogP contribution in [-0.4, -0.2) is 28.2 Å². The standard InChI is InChI=1S/C20H22N2O4S/c1-4-9-25-17(23)10-22-12-21-19-18(20(22)24)16(11-27-19)14-5-7-15(8-6-14)26-13(2)3/h5-8,11-13H,4,9-10H2,1-3H3. The van der Waals surface area contributed by atoms with E-state index in [2.05, 4.69) is 4.98 Å². The van der Waals surface area contributed by atoms with Crippen molar-refractivity contribution in [2.45, 2.75) is 39.8 Å². The fraction of sp³-hybridized carbons (Fsp3) is 0.350. The summed E-state index contributed by atoms with van der Waals surface area (Å²) >= 11 is 1.41. The summed E-state index contributed by atoms with van der Waals surface area (Å²) < 4.78 is 12.0. The average Bonchev–Trinajstić information content (AvgIpc) is 3.07. The van der Waals surface area contributed by atoms with Crippen LogP contribution in [0.5, 0.6) is 5.75 Å². The highest BCUT2D eigenvalue weighted by Crippen LogP contribution is 2.31. The van der Waals surface area contributed by atoms with Crippen LogP contribution in [0.4, 0.5) is 0 Å². The van der Waals surface area contributed by atoms with Crippen molar-refractivity contribution in [2.24, 2.45) is 0 Å². The molecule has 3 aromatic rings. The molecule has 2 aromatic heterocycles. The van der Waals surface area contributed by atoms with E-state index in [9.17, 15) is 9.59 Å². The molecule has 3 rings (SSSR count). The summed E-state index contributed by atoms with van der Waals surface area (Å²) in [6.45, 7) is 6.07. The Morgan fingerprint density at radius 2 is 2.00 bits per heavy atom. The molecule has 6 nitrogen and oxygen atoms in total. The molecule has 1 aromatic carbocycles. The molecule has 0 N–H and O–H groups in total. The van der Waals surface area contributed by atoms with Crippen molar-refractivity contribution in [3.05, 3.63) is 46.3 Å². The van der Waals surface area contributed by atoms with Crippen molar-refractivity contribution < 1.29 is 14.3 Å². The summed E-state index contributed by atoms with van der Waals surface area (Å²) in [5.74, 6) is 0.342. The van der Waals surface area contributed by atoms with Crippen LogP contribution in [0, 0.1) is 0 Å². The molecule has 0 amide bonds. The van der Waals surface area contributed by atoms with E-state index in [1.54, 1.807) is 0 Å². The molecule has 0 saturated heterocycles. The van der Waals surface area contributed by atoms with Gasteiger partial charge in [0.2, 0.25) is 0 Å². The van der Waals surface area contributed by atoms with E-state index in [0.29, 0.717) is 16.8 Å². The zero-order valence-corrected chi connectivity index (χ0v) is 16.4. The first-order valence-corrected chi connectivity index (χ1v) is 9.77. The molecule has 0 aliphatic carbocycles. The van der Waals surface area contributed by atoms with E-state index in [-0.39, 0.29) is 18.2 Å². The lowest BCUT2D eigenvalue weighted by Gasteiger charge is -2.10. The normalized spacial score (nSPS) is 11.1. The van der Waals surface area contributed by atoms with Crippen LogP contribution < -0.4 is 10.3 Å². The van der Waals surface area contributed by atoms with Gasteiger partial charge in [-0.1, -0.05) is 19.1 Å². The highest BCUT2D eigenvalue weighted by Gasteiger charge is 2.15. The van der Waals surface area contributed by atoms with Crippen molar-refractivity contribution in [1.82, 2.24) is 9.55 Å². The van der Waals surface area contributed by atoms with E-state index in [1.807, 2.05) is 50.4 Å². The summed E-state index contributed by atoms with van der Waals surface area (Å²) in [5, 5.41) is 2.43. The number of rotatable bonds is 7. The Kier molecular flexibility index (Phi) is 5.91. The van der Waals surface area contributed by atoms with Crippen LogP contribution in [0.25, 0.3) is 21.3 Å². The third-order valence-electron chi connectivity index (χ3n) is 3.86. The maximum Gasteiger partial charge on any atom is 0.326 e. The van der Waals surface area contributed by atoms with Gasteiger partial charge in [0, 0.05) is 10.9 Å². The van der Waals surface area contributed by atoms with Gasteiger partial charge in [0.15, 0.2) is 0 Å². The van der Waals surface area contributed by atoms with Crippen LogP contribution in [0.2, 0.25) is 0 Å². The smallest absolute Gasteiger partial charge is 0.326 e. The quantitative estimate of drug-likeness (QED) is 0.577. The van der Waals surface area contributed by atoms with Crippen molar-refractivity contribution in [3.8, 4) is 16.9 Å². The first-order valence-electron chi connectivity index (χ1n) is 8.89. The topological polar surface area (TPSA) is 70.4 Å². The number of hydrogen-bond donors (Lipinski definition) is 0. The van der Waals surface area contributed by atoms with Crippen molar-refractivity contribution in [3.63, 3.8) is 0 Å². The zero-order chi connectivity index (χ0) is 19.4. The molecule has 2 heterocycles. The summed E-state index contributed by atoms with van der Waals surface area (Å²) in [6, 6.07) is 7.61. The number of benzene rings is 1. The largest absolute Gasteiger partial charge is 0.491 e. The molecular formula is C20H22N2O4S. The predicted molar refractivity (Wildman–Crippen MR) is 106 cm³/mol. The number of aromatic nitrogens is 2. The Morgan fingerprint density at radius 1 is 1.26 bits per heavy atom. The number of fused-ring (bicyclic) bond motifs is 1. The third kappa shape index (κ3) is 4.36. The molecule has 0 aliphatic rings. The number of hydrogen-bond acceptors (Lipinski definition) is 6. The Hall–Kier alpha value is -2.67. The number of thiophene rings is 1. The molecule has 7 heteroatoms. The lowest BCUT2D eigenvalue weighted by atomic mass is 10.1. The molecule has 0 spiro atoms. The number of carbonyl (C=O) groups is 1. The number of ether oxygens (including phenoxy) is 2. The van der Waals surface area contributed by atoms with Crippen molar-refractivity contribution in [1.29, 1.82) is 0 Å². The highest BCUT2D eigenvalue weighted by molar-refractivity contribution is 7.17. The molecular weight excluding hydrogens is 364 g/mol. The van der Waals surface area contributed by atoms with Gasteiger partial charge in [0.1, 0.15) is 17.1 Å². The van der Waals surface area contributed by atoms with Crippen molar-refractivity contribution >= 4 is 27.5 Å². The van der Waals surface area contributed by atoms with E-state index >= 15 is 0 Å². The number of esters is 1. The molecule has 0 aliphatic heterocycles. The van der Waals surface area contributed by atoms with Gasteiger partial charge in [-0.25, -0.2) is 4.98 Å². The second-order valence-electron chi connectivity index (χ2n) is 6.42. The molecule has 0 atom stereocenters. The summed E-state index contributed by atoms with van der Waals surface area (Å²) in [4.78, 5) is 29.7. The lowest BCUT2D eigenvalue weighted by Crippen LogP contribution is -2.25. The maximum atomic E-state index is 12.9. The average molecular weight is 386 g/mol. The molecule has 0 radical (unpaired) electrons. The summed E-state index contributed by atoms with van der Waals surface area (Å²) in [6.07, 6.45) is 2.24.